The molecule has 0 aromatic carbocycles. The highest BCUT2D eigenvalue weighted by atomic mass is 19.3. The lowest BCUT2D eigenvalue weighted by Crippen LogP contribution is -2.56. The van der Waals surface area contributed by atoms with Gasteiger partial charge in [0.25, 0.3) is 17.7 Å². The maximum absolute atomic E-state index is 13.4. The Bertz CT molecular complexity index is 882. The first-order valence-corrected chi connectivity index (χ1v) is 11.2. The summed E-state index contributed by atoms with van der Waals surface area (Å²) in [7, 11) is 0. The number of nitrogens with two attached hydrogens (primary N) is 1. The van der Waals surface area contributed by atoms with Crippen molar-refractivity contribution in [1.82, 2.24) is 14.9 Å². The van der Waals surface area contributed by atoms with Crippen LogP contribution >= 0.6 is 0 Å². The molecule has 1 aromatic rings. The number of aromatic nitrogens is 2. The number of amides is 2. The molecule has 2 amide bonds. The minimum atomic E-state index is -2.75. The van der Waals surface area contributed by atoms with Crippen LogP contribution in [-0.4, -0.2) is 64.9 Å². The van der Waals surface area contributed by atoms with Gasteiger partial charge >= 0.3 is 0 Å². The normalized spacial score (nSPS) is 23.7. The number of rotatable bonds is 9. The number of carbonyl (C=O) groups excluding carboxylic acids is 2. The zero-order valence-corrected chi connectivity index (χ0v) is 18.6. The van der Waals surface area contributed by atoms with Crippen LogP contribution in [0.5, 0.6) is 5.88 Å². The molecule has 0 spiro atoms. The van der Waals surface area contributed by atoms with Crippen molar-refractivity contribution >= 4 is 17.6 Å². The second-order valence-electron chi connectivity index (χ2n) is 10.2. The van der Waals surface area contributed by atoms with Gasteiger partial charge in [-0.05, 0) is 43.4 Å². The Kier molecular flexibility index (Phi) is 5.98. The van der Waals surface area contributed by atoms with E-state index in [4.69, 9.17) is 10.5 Å². The Morgan fingerprint density at radius 3 is 2.59 bits per heavy atom. The summed E-state index contributed by atoms with van der Waals surface area (Å²) in [4.78, 5) is 36.4. The third-order valence-corrected chi connectivity index (χ3v) is 6.29. The highest BCUT2D eigenvalue weighted by molar-refractivity contribution is 5.93. The monoisotopic (exact) mass is 451 g/mol. The van der Waals surface area contributed by atoms with Gasteiger partial charge in [0.2, 0.25) is 5.91 Å². The van der Waals surface area contributed by atoms with Crippen LogP contribution in [0, 0.1) is 11.3 Å². The van der Waals surface area contributed by atoms with E-state index in [-0.39, 0.29) is 47.1 Å². The van der Waals surface area contributed by atoms with Gasteiger partial charge in [0, 0.05) is 19.0 Å². The summed E-state index contributed by atoms with van der Waals surface area (Å²) in [6.07, 6.45) is 5.88. The van der Waals surface area contributed by atoms with E-state index < -0.39 is 19.0 Å². The Balaban J connectivity index is 1.52. The van der Waals surface area contributed by atoms with Gasteiger partial charge < -0.3 is 20.3 Å². The van der Waals surface area contributed by atoms with Gasteiger partial charge in [-0.25, -0.2) is 18.7 Å². The molecule has 3 heterocycles. The molecule has 1 unspecified atom stereocenters. The molecule has 32 heavy (non-hydrogen) atoms. The predicted molar refractivity (Wildman–Crippen MR) is 114 cm³/mol. The van der Waals surface area contributed by atoms with Crippen LogP contribution in [-0.2, 0) is 4.79 Å². The molecule has 2 aliphatic heterocycles. The number of nitrogens with zero attached hydrogens (tertiary/aromatic N) is 4. The van der Waals surface area contributed by atoms with Crippen LogP contribution in [0.3, 0.4) is 0 Å². The van der Waals surface area contributed by atoms with Crippen LogP contribution in [0.1, 0.15) is 62.9 Å². The first-order valence-electron chi connectivity index (χ1n) is 11.2. The van der Waals surface area contributed by atoms with E-state index in [1.165, 1.54) is 11.1 Å². The molecule has 1 saturated carbocycles. The van der Waals surface area contributed by atoms with E-state index in [1.54, 1.807) is 4.90 Å². The predicted octanol–water partition coefficient (Wildman–Crippen LogP) is 2.62. The van der Waals surface area contributed by atoms with Crippen molar-refractivity contribution in [2.24, 2.45) is 17.1 Å². The molecule has 3 fully saturated rings. The Morgan fingerprint density at radius 1 is 1.25 bits per heavy atom. The molecule has 2 saturated heterocycles. The number of carbonyl (C=O) groups is 2. The number of halogens is 2. The number of anilines is 1. The first kappa shape index (κ1) is 22.7. The fraction of sp³-hybridized carbons (Fsp3) is 0.727. The lowest BCUT2D eigenvalue weighted by molar-refractivity contribution is -0.118. The highest BCUT2D eigenvalue weighted by Gasteiger charge is 2.46. The molecule has 0 radical (unpaired) electrons. The number of ether oxygens (including phenoxy) is 1. The summed E-state index contributed by atoms with van der Waals surface area (Å²) in [5.74, 6) is -2.52. The fourth-order valence-corrected chi connectivity index (χ4v) is 4.48. The molecule has 3 aliphatic rings. The van der Waals surface area contributed by atoms with Crippen LogP contribution in [0.4, 0.5) is 14.6 Å². The molecular weight excluding hydrogens is 420 g/mol. The molecule has 1 aromatic heterocycles. The van der Waals surface area contributed by atoms with E-state index >= 15 is 0 Å². The smallest absolute Gasteiger partial charge is 0.282 e. The number of likely N-dealkylation sites (tertiary alicyclic amines) is 1. The number of alkyl halides is 2. The van der Waals surface area contributed by atoms with Gasteiger partial charge in [0.05, 0.1) is 25.9 Å². The summed E-state index contributed by atoms with van der Waals surface area (Å²) in [6.45, 7) is 4.34. The molecule has 2 N–H and O–H groups in total. The summed E-state index contributed by atoms with van der Waals surface area (Å²) in [6, 6.07) is -0.0248. The molecular formula is C22H31F2N5O3. The van der Waals surface area contributed by atoms with Gasteiger partial charge in [-0.15, -0.1) is 0 Å². The lowest BCUT2D eigenvalue weighted by atomic mass is 9.89. The zero-order chi connectivity index (χ0) is 23.1. The molecule has 8 nitrogen and oxygen atoms in total. The van der Waals surface area contributed by atoms with Crippen molar-refractivity contribution in [3.63, 3.8) is 0 Å². The van der Waals surface area contributed by atoms with Gasteiger partial charge in [0.1, 0.15) is 0 Å². The van der Waals surface area contributed by atoms with E-state index in [0.717, 1.165) is 19.3 Å². The Hall–Kier alpha value is -2.52. The molecule has 1 atom stereocenters. The topological polar surface area (TPSA) is 102 Å². The summed E-state index contributed by atoms with van der Waals surface area (Å²) in [5.41, 5.74) is 5.34. The maximum atomic E-state index is 13.4. The second kappa shape index (κ2) is 8.44. The van der Waals surface area contributed by atoms with Crippen LogP contribution in [0.2, 0.25) is 0 Å². The van der Waals surface area contributed by atoms with E-state index in [9.17, 15) is 18.4 Å². The summed E-state index contributed by atoms with van der Waals surface area (Å²) >= 11 is 0. The van der Waals surface area contributed by atoms with Gasteiger partial charge in [-0.3, -0.25) is 9.59 Å². The minimum absolute atomic E-state index is 0.0248. The second-order valence-corrected chi connectivity index (χ2v) is 10.2. The van der Waals surface area contributed by atoms with Crippen molar-refractivity contribution < 1.29 is 23.1 Å². The fourth-order valence-electron chi connectivity index (χ4n) is 4.48. The number of hydrogen-bond acceptors (Lipinski definition) is 6. The number of primary amides is 1. The first-order chi connectivity index (χ1) is 15.0. The van der Waals surface area contributed by atoms with Crippen LogP contribution < -0.4 is 15.4 Å². The molecule has 1 aliphatic carbocycles. The van der Waals surface area contributed by atoms with Crippen molar-refractivity contribution in [3.05, 3.63) is 11.9 Å². The quantitative estimate of drug-likeness (QED) is 0.619. The van der Waals surface area contributed by atoms with E-state index in [2.05, 4.69) is 23.8 Å². The third-order valence-electron chi connectivity index (χ3n) is 6.29. The Morgan fingerprint density at radius 2 is 1.97 bits per heavy atom. The summed E-state index contributed by atoms with van der Waals surface area (Å²) < 4.78 is 32.6. The highest BCUT2D eigenvalue weighted by Crippen LogP contribution is 2.39. The molecule has 0 bridgehead atoms. The third kappa shape index (κ3) is 5.27. The minimum Gasteiger partial charge on any atom is -0.475 e. The Labute approximate surface area is 186 Å². The molecule has 10 heteroatoms. The van der Waals surface area contributed by atoms with Gasteiger partial charge in [-0.2, -0.15) is 0 Å². The molecule has 4 rings (SSSR count). The van der Waals surface area contributed by atoms with E-state index in [0.29, 0.717) is 31.9 Å². The van der Waals surface area contributed by atoms with E-state index in [1.807, 2.05) is 0 Å². The van der Waals surface area contributed by atoms with Gasteiger partial charge in [0.15, 0.2) is 11.5 Å². The number of hydrogen-bond donors (Lipinski definition) is 1. The zero-order valence-electron chi connectivity index (χ0n) is 18.6. The van der Waals surface area contributed by atoms with Crippen LogP contribution in [0.25, 0.3) is 0 Å². The van der Waals surface area contributed by atoms with Crippen molar-refractivity contribution in [2.45, 2.75) is 64.3 Å². The largest absolute Gasteiger partial charge is 0.475 e. The average Bonchev–Trinajstić information content (AvgIpc) is 3.46. The van der Waals surface area contributed by atoms with Crippen LogP contribution in [0.15, 0.2) is 6.20 Å². The maximum Gasteiger partial charge on any atom is 0.282 e. The van der Waals surface area contributed by atoms with Gasteiger partial charge in [-0.1, -0.05) is 13.8 Å². The molecule has 176 valence electrons. The average molecular weight is 452 g/mol. The lowest BCUT2D eigenvalue weighted by Gasteiger charge is -2.39. The van der Waals surface area contributed by atoms with Crippen molar-refractivity contribution in [3.8, 4) is 5.88 Å². The standard InChI is InChI=1S/C22H31F2N5O3/c1-21(2)8-15(4-3-5-17(25)30)29(11-21)20(31)16-9-26-18(28-12-22(23,24)13-28)19(27-16)32-10-14-6-7-14/h9,14-15H,3-8,10-13H2,1-2H3,(H2,25,30). The van der Waals surface area contributed by atoms with Crippen molar-refractivity contribution in [2.75, 3.05) is 31.1 Å². The summed E-state index contributed by atoms with van der Waals surface area (Å²) in [5, 5.41) is 0. The van der Waals surface area contributed by atoms with Crippen molar-refractivity contribution in [1.29, 1.82) is 0 Å². The SMILES string of the molecule is CC1(C)CC(CCCC(N)=O)N(C(=O)c2cnc(N3CC(F)(F)C3)c(OCC3CC3)n2)C1.